The van der Waals surface area contributed by atoms with Crippen molar-refractivity contribution in [2.24, 2.45) is 0 Å². The van der Waals surface area contributed by atoms with E-state index < -0.39 is 0 Å². The number of nitrogens with one attached hydrogen (secondary N) is 2. The lowest BCUT2D eigenvalue weighted by Crippen LogP contribution is -2.32. The Morgan fingerprint density at radius 1 is 1.09 bits per heavy atom. The lowest BCUT2D eigenvalue weighted by molar-refractivity contribution is -0.121. The van der Waals surface area contributed by atoms with Crippen molar-refractivity contribution in [1.29, 1.82) is 0 Å². The number of hydrogen-bond donors (Lipinski definition) is 2. The number of carbonyl (C=O) groups excluding carboxylic acids is 1. The Bertz CT molecular complexity index is 607. The molecule has 124 valence electrons. The Morgan fingerprint density at radius 2 is 1.74 bits per heavy atom. The van der Waals surface area contributed by atoms with Crippen LogP contribution in [0.1, 0.15) is 23.6 Å². The maximum Gasteiger partial charge on any atom is 0.221 e. The first kappa shape index (κ1) is 19.1. The normalized spacial score (nSPS) is 11.4. The summed E-state index contributed by atoms with van der Waals surface area (Å²) in [7, 11) is 1.80. The molecule has 0 saturated heterocycles. The van der Waals surface area contributed by atoms with E-state index in [1.165, 1.54) is 6.07 Å². The van der Waals surface area contributed by atoms with Crippen LogP contribution in [0.4, 0.5) is 4.39 Å². The molecule has 0 aliphatic carbocycles. The van der Waals surface area contributed by atoms with Gasteiger partial charge in [0.1, 0.15) is 5.82 Å². The maximum absolute atomic E-state index is 14.1. The monoisotopic (exact) mass is 336 g/mol. The van der Waals surface area contributed by atoms with E-state index in [-0.39, 0.29) is 30.2 Å². The van der Waals surface area contributed by atoms with Crippen LogP contribution in [-0.2, 0) is 11.2 Å². The van der Waals surface area contributed by atoms with E-state index in [0.29, 0.717) is 24.9 Å². The molecular formula is C18H22ClFN2O. The van der Waals surface area contributed by atoms with Gasteiger partial charge in [-0.25, -0.2) is 4.39 Å². The number of carbonyl (C=O) groups is 1. The van der Waals surface area contributed by atoms with Gasteiger partial charge in [-0.05, 0) is 25.1 Å². The van der Waals surface area contributed by atoms with Gasteiger partial charge in [-0.3, -0.25) is 4.79 Å². The highest BCUT2D eigenvalue weighted by molar-refractivity contribution is 5.85. The molecule has 0 radical (unpaired) electrons. The maximum atomic E-state index is 14.1. The highest BCUT2D eigenvalue weighted by atomic mass is 35.5. The van der Waals surface area contributed by atoms with Crippen LogP contribution in [0, 0.1) is 5.82 Å². The van der Waals surface area contributed by atoms with Crippen LogP contribution in [0.2, 0.25) is 0 Å². The topological polar surface area (TPSA) is 41.1 Å². The summed E-state index contributed by atoms with van der Waals surface area (Å²) in [4.78, 5) is 12.0. The van der Waals surface area contributed by atoms with Crippen molar-refractivity contribution >= 4 is 18.3 Å². The number of halogens is 2. The molecule has 0 saturated carbocycles. The number of hydrogen-bond acceptors (Lipinski definition) is 2. The standard InChI is InChI=1S/C18H21FN2O.ClH/c1-20-12-11-18(22)21-17(13-14-7-3-2-4-8-14)15-9-5-6-10-16(15)19;/h2-10,17,20H,11-13H2,1H3,(H,21,22);1H. The number of amides is 1. The molecule has 0 aliphatic heterocycles. The predicted octanol–water partition coefficient (Wildman–Crippen LogP) is 3.26. The van der Waals surface area contributed by atoms with Gasteiger partial charge in [-0.1, -0.05) is 48.5 Å². The second kappa shape index (κ2) is 9.98. The van der Waals surface area contributed by atoms with Crippen LogP contribution in [-0.4, -0.2) is 19.5 Å². The van der Waals surface area contributed by atoms with Gasteiger partial charge in [0.05, 0.1) is 6.04 Å². The van der Waals surface area contributed by atoms with Crippen LogP contribution in [0.15, 0.2) is 54.6 Å². The van der Waals surface area contributed by atoms with Crippen LogP contribution in [0.25, 0.3) is 0 Å². The minimum atomic E-state index is -0.368. The van der Waals surface area contributed by atoms with Gasteiger partial charge in [-0.2, -0.15) is 0 Å². The molecule has 0 aromatic heterocycles. The highest BCUT2D eigenvalue weighted by Crippen LogP contribution is 2.21. The van der Waals surface area contributed by atoms with Crippen molar-refractivity contribution in [3.8, 4) is 0 Å². The van der Waals surface area contributed by atoms with E-state index in [9.17, 15) is 9.18 Å². The van der Waals surface area contributed by atoms with Crippen molar-refractivity contribution in [2.45, 2.75) is 18.9 Å². The summed E-state index contributed by atoms with van der Waals surface area (Å²) in [6, 6.07) is 16.0. The van der Waals surface area contributed by atoms with Crippen LogP contribution in [0.3, 0.4) is 0 Å². The summed E-state index contributed by atoms with van der Waals surface area (Å²) in [6.07, 6.45) is 0.934. The van der Waals surface area contributed by atoms with Crippen molar-refractivity contribution in [1.82, 2.24) is 10.6 Å². The van der Waals surface area contributed by atoms with Crippen molar-refractivity contribution in [3.63, 3.8) is 0 Å². The molecular weight excluding hydrogens is 315 g/mol. The first-order valence-electron chi connectivity index (χ1n) is 7.43. The smallest absolute Gasteiger partial charge is 0.221 e. The highest BCUT2D eigenvalue weighted by Gasteiger charge is 2.18. The minimum absolute atomic E-state index is 0. The van der Waals surface area contributed by atoms with Gasteiger partial charge < -0.3 is 10.6 Å². The molecule has 0 spiro atoms. The zero-order valence-corrected chi connectivity index (χ0v) is 13.9. The quantitative estimate of drug-likeness (QED) is 0.815. The molecule has 1 unspecified atom stereocenters. The predicted molar refractivity (Wildman–Crippen MR) is 93.2 cm³/mol. The molecule has 0 bridgehead atoms. The molecule has 2 rings (SSSR count). The average Bonchev–Trinajstić information content (AvgIpc) is 2.54. The molecule has 1 atom stereocenters. The van der Waals surface area contributed by atoms with Crippen LogP contribution in [0.5, 0.6) is 0 Å². The van der Waals surface area contributed by atoms with Gasteiger partial charge in [0.15, 0.2) is 0 Å². The van der Waals surface area contributed by atoms with Crippen LogP contribution >= 0.6 is 12.4 Å². The molecule has 5 heteroatoms. The van der Waals surface area contributed by atoms with E-state index >= 15 is 0 Å². The molecule has 0 heterocycles. The first-order valence-corrected chi connectivity index (χ1v) is 7.43. The Balaban J connectivity index is 0.00000264. The Morgan fingerprint density at radius 3 is 2.39 bits per heavy atom. The summed E-state index contributed by atoms with van der Waals surface area (Å²) in [5.74, 6) is -0.379. The Labute approximate surface area is 142 Å². The SMILES string of the molecule is CNCCC(=O)NC(Cc1ccccc1)c1ccccc1F.Cl. The van der Waals surface area contributed by atoms with Gasteiger partial charge >= 0.3 is 0 Å². The van der Waals surface area contributed by atoms with Gasteiger partial charge in [-0.15, -0.1) is 12.4 Å². The Kier molecular flexibility index (Phi) is 8.30. The van der Waals surface area contributed by atoms with Crippen LogP contribution < -0.4 is 10.6 Å². The lowest BCUT2D eigenvalue weighted by atomic mass is 9.98. The molecule has 2 aromatic carbocycles. The summed E-state index contributed by atoms with van der Waals surface area (Å²) in [6.45, 7) is 0.598. The largest absolute Gasteiger partial charge is 0.349 e. The van der Waals surface area contributed by atoms with E-state index in [0.717, 1.165) is 5.56 Å². The number of benzene rings is 2. The summed E-state index contributed by atoms with van der Waals surface area (Å²) in [5, 5.41) is 5.88. The van der Waals surface area contributed by atoms with E-state index in [1.54, 1.807) is 25.2 Å². The van der Waals surface area contributed by atoms with Crippen molar-refractivity contribution in [3.05, 3.63) is 71.5 Å². The first-order chi connectivity index (χ1) is 10.7. The summed E-state index contributed by atoms with van der Waals surface area (Å²) >= 11 is 0. The average molecular weight is 337 g/mol. The molecule has 0 fully saturated rings. The molecule has 0 aliphatic rings. The van der Waals surface area contributed by atoms with Gasteiger partial charge in [0.25, 0.3) is 0 Å². The molecule has 23 heavy (non-hydrogen) atoms. The second-order valence-corrected chi connectivity index (χ2v) is 5.18. The fraction of sp³-hybridized carbons (Fsp3) is 0.278. The molecule has 2 aromatic rings. The van der Waals surface area contributed by atoms with E-state index in [1.807, 2.05) is 30.3 Å². The third kappa shape index (κ3) is 6.00. The lowest BCUT2D eigenvalue weighted by Gasteiger charge is -2.20. The third-order valence-corrected chi connectivity index (χ3v) is 3.50. The molecule has 1 amide bonds. The third-order valence-electron chi connectivity index (χ3n) is 3.50. The van der Waals surface area contributed by atoms with Gasteiger partial charge in [0.2, 0.25) is 5.91 Å². The fourth-order valence-electron chi connectivity index (χ4n) is 2.35. The summed E-state index contributed by atoms with van der Waals surface area (Å²) in [5.41, 5.74) is 1.58. The van der Waals surface area contributed by atoms with E-state index in [4.69, 9.17) is 0 Å². The van der Waals surface area contributed by atoms with E-state index in [2.05, 4.69) is 10.6 Å². The fourth-order valence-corrected chi connectivity index (χ4v) is 2.35. The van der Waals surface area contributed by atoms with Crippen molar-refractivity contribution < 1.29 is 9.18 Å². The molecule has 2 N–H and O–H groups in total. The second-order valence-electron chi connectivity index (χ2n) is 5.18. The zero-order chi connectivity index (χ0) is 15.8. The number of rotatable bonds is 7. The molecule has 3 nitrogen and oxygen atoms in total. The van der Waals surface area contributed by atoms with Crippen molar-refractivity contribution in [2.75, 3.05) is 13.6 Å². The van der Waals surface area contributed by atoms with Gasteiger partial charge in [0, 0.05) is 18.5 Å². The Hall–Kier alpha value is -1.91. The zero-order valence-electron chi connectivity index (χ0n) is 13.1. The summed E-state index contributed by atoms with van der Waals surface area (Å²) < 4.78 is 14.1. The minimum Gasteiger partial charge on any atom is -0.349 e.